The van der Waals surface area contributed by atoms with E-state index in [4.69, 9.17) is 0 Å². The molecule has 0 aromatic heterocycles. The number of halogens is 3. The maximum absolute atomic E-state index is 12.7. The Hall–Kier alpha value is -1.52. The first-order valence-electron chi connectivity index (χ1n) is 5.80. The summed E-state index contributed by atoms with van der Waals surface area (Å²) in [5.41, 5.74) is 0.627. The van der Waals surface area contributed by atoms with Gasteiger partial charge in [-0.3, -0.25) is 4.58 Å². The number of aryl methyl sites for hydroxylation is 1. The zero-order chi connectivity index (χ0) is 13.5. The molecule has 0 saturated carbocycles. The zero-order valence-corrected chi connectivity index (χ0v) is 10.6. The van der Waals surface area contributed by atoms with Gasteiger partial charge >= 0.3 is 6.18 Å². The highest BCUT2D eigenvalue weighted by atomic mass is 19.4. The molecule has 1 atom stereocenters. The summed E-state index contributed by atoms with van der Waals surface area (Å²) in [6.45, 7) is 4.43. The lowest BCUT2D eigenvalue weighted by molar-refractivity contribution is -0.518. The summed E-state index contributed by atoms with van der Waals surface area (Å²) in [4.78, 5) is 1.85. The topological polar surface area (TPSA) is 6.25 Å². The molecule has 18 heavy (non-hydrogen) atoms. The van der Waals surface area contributed by atoms with Gasteiger partial charge in [-0.05, 0) is 37.6 Å². The van der Waals surface area contributed by atoms with Crippen molar-refractivity contribution in [1.82, 2.24) is 0 Å². The monoisotopic (exact) mass is 257 g/mol. The van der Waals surface area contributed by atoms with Crippen LogP contribution >= 0.6 is 0 Å². The number of benzene rings is 1. The normalized spacial score (nSPS) is 20.2. The zero-order valence-electron chi connectivity index (χ0n) is 10.6. The van der Waals surface area contributed by atoms with Gasteiger partial charge in [-0.15, -0.1) is 0 Å². The van der Waals surface area contributed by atoms with Crippen LogP contribution in [-0.2, 0) is 6.18 Å². The Morgan fingerprint density at radius 2 is 1.94 bits per heavy atom. The molecule has 0 N–H and O–H groups in total. The third-order valence-electron chi connectivity index (χ3n) is 3.20. The predicted molar refractivity (Wildman–Crippen MR) is 65.2 cm³/mol. The lowest BCUT2D eigenvalue weighted by Gasteiger charge is -2.12. The van der Waals surface area contributed by atoms with E-state index in [2.05, 4.69) is 0 Å². The summed E-state index contributed by atoms with van der Waals surface area (Å²) < 4.78 is 40.2. The number of anilines is 1. The molecule has 1 aromatic carbocycles. The molecule has 1 aliphatic rings. The van der Waals surface area contributed by atoms with Gasteiger partial charge in [0.25, 0.3) is 0 Å². The molecule has 0 fully saturated rings. The van der Waals surface area contributed by atoms with E-state index in [0.29, 0.717) is 23.8 Å². The number of rotatable bonds is 1. The van der Waals surface area contributed by atoms with E-state index in [1.165, 1.54) is 12.1 Å². The fourth-order valence-electron chi connectivity index (χ4n) is 2.06. The molecule has 98 valence electrons. The van der Waals surface area contributed by atoms with Crippen LogP contribution in [0.5, 0.6) is 0 Å². The Morgan fingerprint density at radius 1 is 1.28 bits per heavy atom. The molecular formula is C13H16F3N2+. The first-order valence-corrected chi connectivity index (χ1v) is 5.80. The minimum absolute atomic E-state index is 0.305. The maximum Gasteiger partial charge on any atom is 0.416 e. The molecule has 1 aliphatic heterocycles. The number of hydrogen-bond donors (Lipinski definition) is 0. The Bertz CT molecular complexity index is 491. The van der Waals surface area contributed by atoms with Crippen molar-refractivity contribution in [2.75, 3.05) is 18.5 Å². The van der Waals surface area contributed by atoms with Crippen LogP contribution in [0.25, 0.3) is 0 Å². The van der Waals surface area contributed by atoms with Crippen molar-refractivity contribution in [3.63, 3.8) is 0 Å². The lowest BCUT2D eigenvalue weighted by atomic mass is 10.1. The largest absolute Gasteiger partial charge is 0.416 e. The number of hydrogen-bond acceptors (Lipinski definition) is 1. The molecule has 0 aliphatic carbocycles. The minimum Gasteiger partial charge on any atom is -0.264 e. The van der Waals surface area contributed by atoms with Gasteiger partial charge in [-0.25, -0.2) is 4.90 Å². The first-order chi connectivity index (χ1) is 8.27. The smallest absolute Gasteiger partial charge is 0.264 e. The highest BCUT2D eigenvalue weighted by Crippen LogP contribution is 2.33. The summed E-state index contributed by atoms with van der Waals surface area (Å²) in [6.07, 6.45) is -2.45. The summed E-state index contributed by atoms with van der Waals surface area (Å²) in [5.74, 6) is 0. The van der Waals surface area contributed by atoms with Crippen LogP contribution in [0.4, 0.5) is 18.9 Å². The molecule has 1 unspecified atom stereocenters. The van der Waals surface area contributed by atoms with Crippen LogP contribution in [0.3, 0.4) is 0 Å². The van der Waals surface area contributed by atoms with E-state index in [9.17, 15) is 13.2 Å². The van der Waals surface area contributed by atoms with Crippen molar-refractivity contribution in [2.45, 2.75) is 26.1 Å². The first kappa shape index (κ1) is 12.9. The molecule has 1 aromatic rings. The highest BCUT2D eigenvalue weighted by Gasteiger charge is 2.33. The minimum atomic E-state index is -4.29. The van der Waals surface area contributed by atoms with Crippen molar-refractivity contribution in [3.05, 3.63) is 29.3 Å². The fraction of sp³-hybridized carbons (Fsp3) is 0.462. The van der Waals surface area contributed by atoms with Crippen molar-refractivity contribution in [2.24, 2.45) is 0 Å². The number of nitrogens with zero attached hydrogens (tertiary/aromatic N) is 2. The third kappa shape index (κ3) is 2.49. The van der Waals surface area contributed by atoms with Gasteiger partial charge in [0.05, 0.1) is 12.6 Å². The number of alkyl halides is 3. The van der Waals surface area contributed by atoms with E-state index >= 15 is 0 Å². The quantitative estimate of drug-likeness (QED) is 0.701. The molecule has 0 bridgehead atoms. The van der Waals surface area contributed by atoms with E-state index in [0.717, 1.165) is 0 Å². The van der Waals surface area contributed by atoms with Gasteiger partial charge in [0.1, 0.15) is 18.3 Å². The van der Waals surface area contributed by atoms with E-state index in [1.54, 1.807) is 13.0 Å². The van der Waals surface area contributed by atoms with E-state index in [-0.39, 0.29) is 0 Å². The highest BCUT2D eigenvalue weighted by molar-refractivity contribution is 5.78. The summed E-state index contributed by atoms with van der Waals surface area (Å²) in [5, 5.41) is 0. The molecule has 0 radical (unpaired) electrons. The average molecular weight is 257 g/mol. The number of likely N-dealkylation sites (N-methyl/N-ethyl adjacent to an activating group) is 1. The standard InChI is InChI=1S/C13H16F3N2/c1-9-4-11(13(14,15)16)6-12(5-9)18-7-10(2)17(3)8-18/h4-6,8,10H,7H2,1-3H3/q+1. The molecule has 5 heteroatoms. The van der Waals surface area contributed by atoms with Crippen molar-refractivity contribution in [3.8, 4) is 0 Å². The molecular weight excluding hydrogens is 241 g/mol. The van der Waals surface area contributed by atoms with E-state index < -0.39 is 11.7 Å². The molecule has 2 rings (SSSR count). The van der Waals surface area contributed by atoms with Crippen LogP contribution in [0.15, 0.2) is 18.2 Å². The van der Waals surface area contributed by atoms with Gasteiger partial charge in [0.2, 0.25) is 6.34 Å². The molecule has 1 heterocycles. The second-order valence-electron chi connectivity index (χ2n) is 4.84. The molecule has 0 amide bonds. The van der Waals surface area contributed by atoms with Crippen LogP contribution in [0, 0.1) is 6.92 Å². The second kappa shape index (κ2) is 4.30. The van der Waals surface area contributed by atoms with Crippen LogP contribution in [-0.4, -0.2) is 30.5 Å². The van der Waals surface area contributed by atoms with Gasteiger partial charge in [-0.2, -0.15) is 13.2 Å². The Morgan fingerprint density at radius 3 is 2.44 bits per heavy atom. The SMILES string of the molecule is Cc1cc(N2C=[N+](C)C(C)C2)cc(C(F)(F)F)c1. The van der Waals surface area contributed by atoms with Crippen LogP contribution < -0.4 is 4.90 Å². The fourth-order valence-corrected chi connectivity index (χ4v) is 2.06. The van der Waals surface area contributed by atoms with Crippen LogP contribution in [0.2, 0.25) is 0 Å². The molecule has 2 nitrogen and oxygen atoms in total. The van der Waals surface area contributed by atoms with Crippen molar-refractivity contribution >= 4 is 12.0 Å². The predicted octanol–water partition coefficient (Wildman–Crippen LogP) is 2.89. The van der Waals surface area contributed by atoms with Gasteiger partial charge < -0.3 is 0 Å². The van der Waals surface area contributed by atoms with Gasteiger partial charge in [0, 0.05) is 0 Å². The summed E-state index contributed by atoms with van der Waals surface area (Å²) in [6, 6.07) is 4.46. The molecule has 0 saturated heterocycles. The molecule has 0 spiro atoms. The average Bonchev–Trinajstić information content (AvgIpc) is 2.57. The third-order valence-corrected chi connectivity index (χ3v) is 3.20. The van der Waals surface area contributed by atoms with Crippen LogP contribution in [0.1, 0.15) is 18.1 Å². The van der Waals surface area contributed by atoms with E-state index in [1.807, 2.05) is 29.8 Å². The van der Waals surface area contributed by atoms with Crippen molar-refractivity contribution in [1.29, 1.82) is 0 Å². The second-order valence-corrected chi connectivity index (χ2v) is 4.84. The summed E-state index contributed by atoms with van der Waals surface area (Å²) >= 11 is 0. The van der Waals surface area contributed by atoms with Gasteiger partial charge in [0.15, 0.2) is 0 Å². The van der Waals surface area contributed by atoms with Crippen molar-refractivity contribution < 1.29 is 17.7 Å². The lowest BCUT2D eigenvalue weighted by Crippen LogP contribution is -2.23. The Labute approximate surface area is 104 Å². The Balaban J connectivity index is 2.38. The maximum atomic E-state index is 12.7. The van der Waals surface area contributed by atoms with Gasteiger partial charge in [-0.1, -0.05) is 0 Å². The Kier molecular flexibility index (Phi) is 3.09. The summed E-state index contributed by atoms with van der Waals surface area (Å²) in [7, 11) is 1.92.